The first-order valence-electron chi connectivity index (χ1n) is 6.03. The van der Waals surface area contributed by atoms with Crippen molar-refractivity contribution >= 4 is 25.7 Å². The van der Waals surface area contributed by atoms with Gasteiger partial charge >= 0.3 is 0 Å². The van der Waals surface area contributed by atoms with Crippen LogP contribution in [0.5, 0.6) is 0 Å². The zero-order valence-corrected chi connectivity index (χ0v) is 12.2. The molecule has 1 aliphatic carbocycles. The topological polar surface area (TPSA) is 106 Å². The van der Waals surface area contributed by atoms with E-state index >= 15 is 0 Å². The van der Waals surface area contributed by atoms with E-state index in [1.807, 2.05) is 0 Å². The van der Waals surface area contributed by atoms with E-state index in [9.17, 15) is 21.2 Å². The first-order valence-corrected chi connectivity index (χ1v) is 9.13. The molecule has 0 heterocycles. The smallest absolute Gasteiger partial charge is 0.238 e. The highest BCUT2D eigenvalue weighted by atomic mass is 32.2. The Morgan fingerprint density at radius 3 is 2.25 bits per heavy atom. The minimum atomic E-state index is -4.10. The van der Waals surface area contributed by atoms with Gasteiger partial charge in [-0.1, -0.05) is 12.8 Å². The van der Waals surface area contributed by atoms with Crippen molar-refractivity contribution in [2.45, 2.75) is 35.8 Å². The Labute approximate surface area is 117 Å². The van der Waals surface area contributed by atoms with Gasteiger partial charge < -0.3 is 0 Å². The fourth-order valence-electron chi connectivity index (χ4n) is 2.23. The third-order valence-corrected chi connectivity index (χ3v) is 5.96. The van der Waals surface area contributed by atoms with Gasteiger partial charge in [0.05, 0.1) is 15.8 Å². The molecule has 0 amide bonds. The monoisotopic (exact) mass is 322 g/mol. The number of benzene rings is 1. The molecule has 0 atom stereocenters. The van der Waals surface area contributed by atoms with Crippen LogP contribution in [0, 0.1) is 5.82 Å². The maximum absolute atomic E-state index is 13.4. The van der Waals surface area contributed by atoms with Crippen LogP contribution in [-0.2, 0) is 20.0 Å². The van der Waals surface area contributed by atoms with E-state index < -0.39 is 36.0 Å². The molecule has 3 N–H and O–H groups in total. The van der Waals surface area contributed by atoms with Crippen LogP contribution in [0.3, 0.4) is 0 Å². The van der Waals surface area contributed by atoms with Crippen LogP contribution < -0.4 is 9.86 Å². The lowest BCUT2D eigenvalue weighted by Crippen LogP contribution is -2.25. The summed E-state index contributed by atoms with van der Waals surface area (Å²) in [4.78, 5) is -0.471. The van der Waals surface area contributed by atoms with Crippen molar-refractivity contribution in [3.05, 3.63) is 24.0 Å². The normalized spacial score (nSPS) is 17.3. The SMILES string of the molecule is NS(=O)(=O)c1cc(F)cc(NS(=O)(=O)C2CCCC2)c1. The zero-order valence-electron chi connectivity index (χ0n) is 10.5. The second-order valence-electron chi connectivity index (χ2n) is 4.77. The minimum Gasteiger partial charge on any atom is -0.283 e. The van der Waals surface area contributed by atoms with Gasteiger partial charge in [0.25, 0.3) is 0 Å². The molecular weight excluding hydrogens is 307 g/mol. The molecule has 20 heavy (non-hydrogen) atoms. The number of nitrogens with one attached hydrogen (secondary N) is 1. The van der Waals surface area contributed by atoms with Crippen LogP contribution in [0.1, 0.15) is 25.7 Å². The highest BCUT2D eigenvalue weighted by Gasteiger charge is 2.29. The molecule has 1 saturated carbocycles. The minimum absolute atomic E-state index is 0.138. The van der Waals surface area contributed by atoms with Crippen molar-refractivity contribution in [1.82, 2.24) is 0 Å². The van der Waals surface area contributed by atoms with Crippen molar-refractivity contribution in [2.75, 3.05) is 4.72 Å². The van der Waals surface area contributed by atoms with Crippen LogP contribution >= 0.6 is 0 Å². The highest BCUT2D eigenvalue weighted by Crippen LogP contribution is 2.27. The molecule has 0 bridgehead atoms. The van der Waals surface area contributed by atoms with E-state index in [2.05, 4.69) is 4.72 Å². The molecule has 0 saturated heterocycles. The fraction of sp³-hybridized carbons (Fsp3) is 0.455. The van der Waals surface area contributed by atoms with Crippen molar-refractivity contribution in [3.63, 3.8) is 0 Å². The van der Waals surface area contributed by atoms with Crippen LogP contribution in [0.4, 0.5) is 10.1 Å². The van der Waals surface area contributed by atoms with Gasteiger partial charge in [-0.25, -0.2) is 26.4 Å². The van der Waals surface area contributed by atoms with Crippen LogP contribution in [0.25, 0.3) is 0 Å². The first-order chi connectivity index (χ1) is 9.18. The lowest BCUT2D eigenvalue weighted by molar-refractivity contribution is 0.584. The second kappa shape index (κ2) is 5.30. The van der Waals surface area contributed by atoms with Crippen molar-refractivity contribution in [1.29, 1.82) is 0 Å². The Kier molecular flexibility index (Phi) is 4.03. The Hall–Kier alpha value is -1.19. The summed E-state index contributed by atoms with van der Waals surface area (Å²) in [6.45, 7) is 0. The molecule has 2 rings (SSSR count). The summed E-state index contributed by atoms with van der Waals surface area (Å²) in [7, 11) is -7.74. The molecule has 0 aliphatic heterocycles. The number of rotatable bonds is 4. The van der Waals surface area contributed by atoms with Gasteiger partial charge in [-0.3, -0.25) is 4.72 Å². The number of halogens is 1. The quantitative estimate of drug-likeness (QED) is 0.867. The molecule has 6 nitrogen and oxygen atoms in total. The standard InChI is InChI=1S/C11H15FN2O4S2/c12-8-5-9(7-11(6-8)19(13,15)16)14-20(17,18)10-3-1-2-4-10/h5-7,10,14H,1-4H2,(H2,13,15,16). The van der Waals surface area contributed by atoms with Gasteiger partial charge in [-0.15, -0.1) is 0 Å². The maximum atomic E-state index is 13.4. The molecule has 0 unspecified atom stereocenters. The molecule has 0 radical (unpaired) electrons. The molecule has 1 fully saturated rings. The van der Waals surface area contributed by atoms with Gasteiger partial charge in [-0.2, -0.15) is 0 Å². The van der Waals surface area contributed by atoms with Crippen LogP contribution in [0.2, 0.25) is 0 Å². The number of hydrogen-bond donors (Lipinski definition) is 2. The number of primary sulfonamides is 1. The number of hydrogen-bond acceptors (Lipinski definition) is 4. The van der Waals surface area contributed by atoms with E-state index in [-0.39, 0.29) is 5.69 Å². The van der Waals surface area contributed by atoms with E-state index in [0.29, 0.717) is 12.8 Å². The largest absolute Gasteiger partial charge is 0.283 e. The third-order valence-electron chi connectivity index (χ3n) is 3.20. The molecule has 1 aliphatic rings. The number of sulfonamides is 2. The van der Waals surface area contributed by atoms with Gasteiger partial charge in [-0.05, 0) is 31.0 Å². The summed E-state index contributed by atoms with van der Waals surface area (Å²) in [5, 5.41) is 4.38. The van der Waals surface area contributed by atoms with Crippen molar-refractivity contribution < 1.29 is 21.2 Å². The summed E-state index contributed by atoms with van der Waals surface area (Å²) < 4.78 is 62.1. The zero-order chi connectivity index (χ0) is 15.0. The molecule has 112 valence electrons. The Bertz CT molecular complexity index is 710. The summed E-state index contributed by atoms with van der Waals surface area (Å²) >= 11 is 0. The Balaban J connectivity index is 2.32. The predicted molar refractivity (Wildman–Crippen MR) is 72.6 cm³/mol. The first kappa shape index (κ1) is 15.2. The van der Waals surface area contributed by atoms with E-state index in [1.165, 1.54) is 0 Å². The summed E-state index contributed by atoms with van der Waals surface area (Å²) in [5.41, 5.74) is -0.138. The van der Waals surface area contributed by atoms with Gasteiger partial charge in [0, 0.05) is 0 Å². The highest BCUT2D eigenvalue weighted by molar-refractivity contribution is 7.93. The van der Waals surface area contributed by atoms with Gasteiger partial charge in [0.2, 0.25) is 20.0 Å². The lowest BCUT2D eigenvalue weighted by Gasteiger charge is -2.14. The van der Waals surface area contributed by atoms with E-state index in [1.54, 1.807) is 0 Å². The molecule has 1 aromatic rings. The average molecular weight is 322 g/mol. The maximum Gasteiger partial charge on any atom is 0.238 e. The lowest BCUT2D eigenvalue weighted by atomic mass is 10.3. The van der Waals surface area contributed by atoms with E-state index in [4.69, 9.17) is 5.14 Å². The summed E-state index contributed by atoms with van der Waals surface area (Å²) in [6.07, 6.45) is 2.76. The third kappa shape index (κ3) is 3.47. The number of anilines is 1. The second-order valence-corrected chi connectivity index (χ2v) is 8.30. The number of nitrogens with two attached hydrogens (primary N) is 1. The van der Waals surface area contributed by atoms with Crippen molar-refractivity contribution in [3.8, 4) is 0 Å². The fourth-order valence-corrected chi connectivity index (χ4v) is 4.37. The average Bonchev–Trinajstić information content (AvgIpc) is 2.79. The van der Waals surface area contributed by atoms with Crippen LogP contribution in [-0.4, -0.2) is 22.1 Å². The van der Waals surface area contributed by atoms with Crippen LogP contribution in [0.15, 0.2) is 23.1 Å². The summed E-state index contributed by atoms with van der Waals surface area (Å²) in [5.74, 6) is -0.874. The Morgan fingerprint density at radius 2 is 1.70 bits per heavy atom. The molecule has 0 aromatic heterocycles. The van der Waals surface area contributed by atoms with Gasteiger partial charge in [0.1, 0.15) is 5.82 Å². The molecule has 0 spiro atoms. The predicted octanol–water partition coefficient (Wildman–Crippen LogP) is 1.16. The van der Waals surface area contributed by atoms with Gasteiger partial charge in [0.15, 0.2) is 0 Å². The summed E-state index contributed by atoms with van der Waals surface area (Å²) in [6, 6.07) is 2.66. The Morgan fingerprint density at radius 1 is 1.10 bits per heavy atom. The molecular formula is C11H15FN2O4S2. The molecule has 9 heteroatoms. The molecule has 1 aromatic carbocycles. The van der Waals surface area contributed by atoms with E-state index in [0.717, 1.165) is 31.0 Å². The van der Waals surface area contributed by atoms with Crippen molar-refractivity contribution in [2.24, 2.45) is 5.14 Å².